The van der Waals surface area contributed by atoms with E-state index in [4.69, 9.17) is 4.98 Å². The van der Waals surface area contributed by atoms with Gasteiger partial charge in [-0.1, -0.05) is 51.1 Å². The average molecular weight is 371 g/mol. The summed E-state index contributed by atoms with van der Waals surface area (Å²) in [4.78, 5) is 4.97. The fourth-order valence-electron chi connectivity index (χ4n) is 3.08. The number of halogens is 1. The monoisotopic (exact) mass is 370 g/mol. The first-order chi connectivity index (χ1) is 10.8. The number of aromatic nitrogens is 2. The lowest BCUT2D eigenvalue weighted by Crippen LogP contribution is -2.13. The molecule has 120 valence electrons. The lowest BCUT2D eigenvalue weighted by Gasteiger charge is -2.20. The molecule has 0 atom stereocenters. The van der Waals surface area contributed by atoms with Crippen molar-refractivity contribution in [2.24, 2.45) is 5.41 Å². The molecule has 3 rings (SSSR count). The Kier molecular flexibility index (Phi) is 4.09. The SMILES string of the molecule is Cc1cc2nc(-c3ccccc3)c(CC(C)(C)C)n2c(C)c1Br. The number of aryl methyl sites for hydroxylation is 2. The lowest BCUT2D eigenvalue weighted by atomic mass is 9.89. The fraction of sp³-hybridized carbons (Fsp3) is 0.350. The first-order valence-electron chi connectivity index (χ1n) is 8.00. The van der Waals surface area contributed by atoms with Gasteiger partial charge in [-0.3, -0.25) is 4.40 Å². The topological polar surface area (TPSA) is 17.3 Å². The summed E-state index contributed by atoms with van der Waals surface area (Å²) in [5.41, 5.74) is 7.24. The van der Waals surface area contributed by atoms with E-state index in [0.717, 1.165) is 22.2 Å². The second-order valence-electron chi connectivity index (χ2n) is 7.43. The van der Waals surface area contributed by atoms with Gasteiger partial charge in [0, 0.05) is 15.7 Å². The van der Waals surface area contributed by atoms with E-state index in [1.807, 2.05) is 0 Å². The minimum atomic E-state index is 0.198. The zero-order valence-corrected chi connectivity index (χ0v) is 16.0. The van der Waals surface area contributed by atoms with E-state index < -0.39 is 0 Å². The van der Waals surface area contributed by atoms with Gasteiger partial charge in [-0.15, -0.1) is 0 Å². The van der Waals surface area contributed by atoms with E-state index >= 15 is 0 Å². The Bertz CT molecular complexity index is 855. The van der Waals surface area contributed by atoms with Crippen LogP contribution < -0.4 is 0 Å². The van der Waals surface area contributed by atoms with Crippen molar-refractivity contribution in [2.45, 2.75) is 41.0 Å². The Morgan fingerprint density at radius 1 is 1.09 bits per heavy atom. The van der Waals surface area contributed by atoms with Crippen LogP contribution in [0.3, 0.4) is 0 Å². The van der Waals surface area contributed by atoms with E-state index in [0.29, 0.717) is 0 Å². The molecule has 2 heterocycles. The maximum Gasteiger partial charge on any atom is 0.138 e. The average Bonchev–Trinajstić information content (AvgIpc) is 2.82. The van der Waals surface area contributed by atoms with Crippen LogP contribution >= 0.6 is 15.9 Å². The summed E-state index contributed by atoms with van der Waals surface area (Å²) < 4.78 is 3.47. The van der Waals surface area contributed by atoms with Gasteiger partial charge in [0.1, 0.15) is 5.65 Å². The van der Waals surface area contributed by atoms with E-state index in [1.165, 1.54) is 22.5 Å². The smallest absolute Gasteiger partial charge is 0.138 e. The predicted octanol–water partition coefficient (Wildman–Crippen LogP) is 5.97. The molecule has 2 aromatic heterocycles. The largest absolute Gasteiger partial charge is 0.300 e. The van der Waals surface area contributed by atoms with Crippen molar-refractivity contribution in [2.75, 3.05) is 0 Å². The molecule has 1 aromatic carbocycles. The van der Waals surface area contributed by atoms with Crippen molar-refractivity contribution in [1.82, 2.24) is 9.38 Å². The highest BCUT2D eigenvalue weighted by molar-refractivity contribution is 9.10. The number of imidazole rings is 1. The van der Waals surface area contributed by atoms with E-state index in [1.54, 1.807) is 0 Å². The Labute approximate surface area is 146 Å². The molecule has 0 aliphatic heterocycles. The number of rotatable bonds is 2. The van der Waals surface area contributed by atoms with Crippen LogP contribution in [-0.4, -0.2) is 9.38 Å². The van der Waals surface area contributed by atoms with Gasteiger partial charge in [0.25, 0.3) is 0 Å². The zero-order chi connectivity index (χ0) is 16.8. The van der Waals surface area contributed by atoms with E-state index in [2.05, 4.69) is 91.3 Å². The summed E-state index contributed by atoms with van der Waals surface area (Å²) in [6.45, 7) is 11.1. The molecule has 0 fully saturated rings. The van der Waals surface area contributed by atoms with Crippen LogP contribution in [0.15, 0.2) is 40.9 Å². The molecule has 0 spiro atoms. The van der Waals surface area contributed by atoms with E-state index in [-0.39, 0.29) is 5.41 Å². The molecule has 0 aliphatic rings. The maximum absolute atomic E-state index is 4.97. The number of pyridine rings is 1. The molecule has 2 nitrogen and oxygen atoms in total. The summed E-state index contributed by atoms with van der Waals surface area (Å²) in [5, 5.41) is 0. The molecule has 0 N–H and O–H groups in total. The first kappa shape index (κ1) is 16.3. The van der Waals surface area contributed by atoms with Gasteiger partial charge in [0.15, 0.2) is 0 Å². The van der Waals surface area contributed by atoms with Crippen LogP contribution in [-0.2, 0) is 6.42 Å². The number of hydrogen-bond acceptors (Lipinski definition) is 1. The van der Waals surface area contributed by atoms with Gasteiger partial charge < -0.3 is 0 Å². The highest BCUT2D eigenvalue weighted by Crippen LogP contribution is 2.33. The summed E-state index contributed by atoms with van der Waals surface area (Å²) in [6.07, 6.45) is 0.981. The van der Waals surface area contributed by atoms with Crippen molar-refractivity contribution in [1.29, 1.82) is 0 Å². The van der Waals surface area contributed by atoms with Gasteiger partial charge in [-0.25, -0.2) is 4.98 Å². The first-order valence-corrected chi connectivity index (χ1v) is 8.80. The van der Waals surface area contributed by atoms with Crippen LogP contribution in [0.2, 0.25) is 0 Å². The van der Waals surface area contributed by atoms with Gasteiger partial charge in [0.05, 0.1) is 11.4 Å². The summed E-state index contributed by atoms with van der Waals surface area (Å²) in [5.74, 6) is 0. The van der Waals surface area contributed by atoms with Gasteiger partial charge in [-0.05, 0) is 53.2 Å². The van der Waals surface area contributed by atoms with Gasteiger partial charge in [0.2, 0.25) is 0 Å². The normalized spacial score (nSPS) is 12.1. The highest BCUT2D eigenvalue weighted by Gasteiger charge is 2.22. The van der Waals surface area contributed by atoms with E-state index in [9.17, 15) is 0 Å². The number of nitrogens with zero attached hydrogens (tertiary/aromatic N) is 2. The van der Waals surface area contributed by atoms with Gasteiger partial charge >= 0.3 is 0 Å². The molecule has 23 heavy (non-hydrogen) atoms. The zero-order valence-electron chi connectivity index (χ0n) is 14.4. The molecule has 0 saturated heterocycles. The Morgan fingerprint density at radius 3 is 2.35 bits per heavy atom. The molecule has 0 radical (unpaired) electrons. The highest BCUT2D eigenvalue weighted by atomic mass is 79.9. The summed E-state index contributed by atoms with van der Waals surface area (Å²) in [6, 6.07) is 12.7. The summed E-state index contributed by atoms with van der Waals surface area (Å²) >= 11 is 3.73. The van der Waals surface area contributed by atoms with Crippen LogP contribution in [0.5, 0.6) is 0 Å². The standard InChI is InChI=1S/C20H23BrN2/c1-13-11-17-22-19(15-9-7-6-8-10-15)16(12-20(3,4)5)23(17)14(2)18(13)21/h6-11H,12H2,1-5H3. The predicted molar refractivity (Wildman–Crippen MR) is 101 cm³/mol. The Hall–Kier alpha value is -1.61. The molecular formula is C20H23BrN2. The number of fused-ring (bicyclic) bond motifs is 1. The molecule has 0 amide bonds. The van der Waals surface area contributed by atoms with Crippen molar-refractivity contribution in [3.8, 4) is 11.3 Å². The number of benzene rings is 1. The minimum Gasteiger partial charge on any atom is -0.300 e. The molecule has 3 heteroatoms. The van der Waals surface area contributed by atoms with Crippen LogP contribution in [0.4, 0.5) is 0 Å². The molecule has 3 aromatic rings. The molecule has 0 unspecified atom stereocenters. The second kappa shape index (κ2) is 5.79. The van der Waals surface area contributed by atoms with Crippen molar-refractivity contribution >= 4 is 21.6 Å². The van der Waals surface area contributed by atoms with Crippen LogP contribution in [0.1, 0.15) is 37.7 Å². The molecule has 0 aliphatic carbocycles. The third kappa shape index (κ3) is 3.07. The van der Waals surface area contributed by atoms with Gasteiger partial charge in [-0.2, -0.15) is 0 Å². The lowest BCUT2D eigenvalue weighted by molar-refractivity contribution is 0.405. The third-order valence-electron chi connectivity index (χ3n) is 4.09. The van der Waals surface area contributed by atoms with Crippen molar-refractivity contribution in [3.05, 3.63) is 57.8 Å². The number of hydrogen-bond donors (Lipinski definition) is 0. The minimum absolute atomic E-state index is 0.198. The molecular weight excluding hydrogens is 348 g/mol. The fourth-order valence-corrected chi connectivity index (χ4v) is 3.37. The van der Waals surface area contributed by atoms with Crippen molar-refractivity contribution in [3.63, 3.8) is 0 Å². The van der Waals surface area contributed by atoms with Crippen LogP contribution in [0.25, 0.3) is 16.9 Å². The molecule has 0 saturated carbocycles. The molecule has 0 bridgehead atoms. The Morgan fingerprint density at radius 2 is 1.74 bits per heavy atom. The maximum atomic E-state index is 4.97. The second-order valence-corrected chi connectivity index (χ2v) is 8.22. The third-order valence-corrected chi connectivity index (χ3v) is 5.29. The van der Waals surface area contributed by atoms with Crippen LogP contribution in [0, 0.1) is 19.3 Å². The Balaban J connectivity index is 2.35. The summed E-state index contributed by atoms with van der Waals surface area (Å²) in [7, 11) is 0. The van der Waals surface area contributed by atoms with Crippen molar-refractivity contribution < 1.29 is 0 Å². The quantitative estimate of drug-likeness (QED) is 0.543.